The summed E-state index contributed by atoms with van der Waals surface area (Å²) in [7, 11) is 0. The molecule has 0 amide bonds. The van der Waals surface area contributed by atoms with Crippen molar-refractivity contribution in [3.63, 3.8) is 0 Å². The molecule has 3 atom stereocenters. The molecule has 3 aromatic rings. The molecule has 1 fully saturated rings. The highest BCUT2D eigenvalue weighted by Gasteiger charge is 2.40. The third-order valence-corrected chi connectivity index (χ3v) is 5.29. The molecular formula is C17H16N8. The summed E-state index contributed by atoms with van der Waals surface area (Å²) in [5, 5.41) is 12.7. The summed E-state index contributed by atoms with van der Waals surface area (Å²) in [5.41, 5.74) is 3.31. The van der Waals surface area contributed by atoms with Gasteiger partial charge in [0.25, 0.3) is 0 Å². The lowest BCUT2D eigenvalue weighted by molar-refractivity contribution is 0.541. The van der Waals surface area contributed by atoms with E-state index < -0.39 is 0 Å². The lowest BCUT2D eigenvalue weighted by Gasteiger charge is -2.36. The summed E-state index contributed by atoms with van der Waals surface area (Å²) < 4.78 is 2.08. The Morgan fingerprint density at radius 1 is 1.20 bits per heavy atom. The first-order valence-electron chi connectivity index (χ1n) is 8.47. The molecule has 8 heteroatoms. The zero-order valence-electron chi connectivity index (χ0n) is 13.6. The number of hydrazine groups is 1. The second-order valence-electron chi connectivity index (χ2n) is 6.87. The Hall–Kier alpha value is -3.16. The molecule has 1 aromatic carbocycles. The Morgan fingerprint density at radius 3 is 2.96 bits per heavy atom. The molecule has 1 saturated carbocycles. The van der Waals surface area contributed by atoms with Crippen LogP contribution in [-0.2, 0) is 0 Å². The molecule has 3 aliphatic rings. The minimum absolute atomic E-state index is 0.118. The molecule has 0 radical (unpaired) electrons. The van der Waals surface area contributed by atoms with Gasteiger partial charge in [0.1, 0.15) is 12.7 Å². The summed E-state index contributed by atoms with van der Waals surface area (Å²) in [4.78, 5) is 10.8. The quantitative estimate of drug-likeness (QED) is 0.718. The standard InChI is InChI=1S/C17H16N8/c1-11-6-13(11)14-8-23(21-20-14)24-10-19-17-12-4-2-3-5-15(12)22-9-18-7-16(22)25(17)24/h2-5,7-11,13,17H,6H2,1H3. The van der Waals surface area contributed by atoms with Crippen LogP contribution in [0.2, 0.25) is 0 Å². The Labute approximate surface area is 144 Å². The van der Waals surface area contributed by atoms with Crippen LogP contribution in [0, 0.1) is 5.92 Å². The lowest BCUT2D eigenvalue weighted by atomic mass is 10.1. The molecule has 0 saturated heterocycles. The first kappa shape index (κ1) is 13.2. The largest absolute Gasteiger partial charge is 0.284 e. The van der Waals surface area contributed by atoms with E-state index in [0.717, 1.165) is 22.8 Å². The first-order chi connectivity index (χ1) is 12.3. The number of benzene rings is 1. The summed E-state index contributed by atoms with van der Waals surface area (Å²) in [5.74, 6) is 2.20. The van der Waals surface area contributed by atoms with Gasteiger partial charge in [0, 0.05) is 11.5 Å². The number of para-hydroxylation sites is 1. The molecule has 2 aliphatic heterocycles. The second kappa shape index (κ2) is 4.47. The SMILES string of the molecule is CC1CC1c1cn(N2C=NC3c4ccccc4-n4cncc4N32)nn1. The van der Waals surface area contributed by atoms with E-state index in [0.29, 0.717) is 11.8 Å². The monoisotopic (exact) mass is 332 g/mol. The van der Waals surface area contributed by atoms with Gasteiger partial charge in [-0.25, -0.2) is 15.0 Å². The number of imidazole rings is 1. The molecular weight excluding hydrogens is 316 g/mol. The highest BCUT2D eigenvalue weighted by atomic mass is 15.9. The van der Waals surface area contributed by atoms with Gasteiger partial charge in [-0.2, -0.15) is 5.12 Å². The average molecular weight is 332 g/mol. The fourth-order valence-corrected chi connectivity index (χ4v) is 3.79. The molecule has 4 heterocycles. The molecule has 8 nitrogen and oxygen atoms in total. The van der Waals surface area contributed by atoms with Gasteiger partial charge in [-0.1, -0.05) is 25.1 Å². The summed E-state index contributed by atoms with van der Waals surface area (Å²) >= 11 is 0. The zero-order valence-corrected chi connectivity index (χ0v) is 13.6. The van der Waals surface area contributed by atoms with E-state index in [9.17, 15) is 0 Å². The van der Waals surface area contributed by atoms with E-state index in [2.05, 4.69) is 43.9 Å². The van der Waals surface area contributed by atoms with Crippen molar-refractivity contribution >= 4 is 12.2 Å². The maximum Gasteiger partial charge on any atom is 0.173 e. The van der Waals surface area contributed by atoms with Crippen molar-refractivity contribution in [1.82, 2.24) is 24.7 Å². The third-order valence-electron chi connectivity index (χ3n) is 5.29. The van der Waals surface area contributed by atoms with E-state index in [-0.39, 0.29) is 6.17 Å². The van der Waals surface area contributed by atoms with Crippen LogP contribution in [0.1, 0.15) is 36.7 Å². The van der Waals surface area contributed by atoms with Gasteiger partial charge in [-0.3, -0.25) is 4.57 Å². The van der Waals surface area contributed by atoms with Crippen LogP contribution in [0.5, 0.6) is 0 Å². The van der Waals surface area contributed by atoms with Crippen LogP contribution < -0.4 is 10.1 Å². The van der Waals surface area contributed by atoms with Crippen molar-refractivity contribution in [3.05, 3.63) is 54.2 Å². The van der Waals surface area contributed by atoms with Crippen LogP contribution in [0.3, 0.4) is 0 Å². The van der Waals surface area contributed by atoms with Gasteiger partial charge in [0.05, 0.1) is 23.8 Å². The molecule has 1 aliphatic carbocycles. The highest BCUT2D eigenvalue weighted by molar-refractivity contribution is 5.78. The van der Waals surface area contributed by atoms with Crippen molar-refractivity contribution in [2.75, 3.05) is 10.1 Å². The average Bonchev–Trinajstić information content (AvgIpc) is 3.12. The number of aromatic nitrogens is 5. The maximum absolute atomic E-state index is 4.72. The summed E-state index contributed by atoms with van der Waals surface area (Å²) in [6, 6.07) is 8.28. The number of hydrogen-bond acceptors (Lipinski definition) is 6. The maximum atomic E-state index is 4.72. The predicted molar refractivity (Wildman–Crippen MR) is 92.0 cm³/mol. The molecule has 3 unspecified atom stereocenters. The van der Waals surface area contributed by atoms with Crippen molar-refractivity contribution < 1.29 is 0 Å². The van der Waals surface area contributed by atoms with Gasteiger partial charge >= 0.3 is 0 Å². The molecule has 0 bridgehead atoms. The number of rotatable bonds is 2. The minimum Gasteiger partial charge on any atom is -0.284 e. The number of anilines is 1. The van der Waals surface area contributed by atoms with E-state index in [1.165, 1.54) is 6.42 Å². The molecule has 0 spiro atoms. The molecule has 124 valence electrons. The number of fused-ring (bicyclic) bond motifs is 6. The van der Waals surface area contributed by atoms with Crippen molar-refractivity contribution in [1.29, 1.82) is 0 Å². The summed E-state index contributed by atoms with van der Waals surface area (Å²) in [6.45, 7) is 2.25. The first-order valence-corrected chi connectivity index (χ1v) is 8.47. The van der Waals surface area contributed by atoms with Gasteiger partial charge < -0.3 is 0 Å². The Kier molecular flexibility index (Phi) is 2.35. The van der Waals surface area contributed by atoms with E-state index in [1.54, 1.807) is 11.1 Å². The lowest BCUT2D eigenvalue weighted by Crippen LogP contribution is -2.49. The fourth-order valence-electron chi connectivity index (χ4n) is 3.79. The zero-order chi connectivity index (χ0) is 16.5. The van der Waals surface area contributed by atoms with Crippen molar-refractivity contribution in [2.45, 2.75) is 25.4 Å². The number of nitrogens with zero attached hydrogens (tertiary/aromatic N) is 8. The molecule has 25 heavy (non-hydrogen) atoms. The fraction of sp³-hybridized carbons (Fsp3) is 0.294. The predicted octanol–water partition coefficient (Wildman–Crippen LogP) is 2.00. The number of aliphatic imine (C=N–C) groups is 1. The second-order valence-corrected chi connectivity index (χ2v) is 6.87. The van der Waals surface area contributed by atoms with Gasteiger partial charge in [0.15, 0.2) is 12.0 Å². The van der Waals surface area contributed by atoms with Gasteiger partial charge in [-0.05, 0) is 23.6 Å². The molecule has 0 N–H and O–H groups in total. The van der Waals surface area contributed by atoms with E-state index >= 15 is 0 Å². The van der Waals surface area contributed by atoms with Gasteiger partial charge in [-0.15, -0.1) is 9.89 Å². The molecule has 6 rings (SSSR count). The Morgan fingerprint density at radius 2 is 2.08 bits per heavy atom. The van der Waals surface area contributed by atoms with Crippen LogP contribution in [-0.4, -0.2) is 31.0 Å². The highest BCUT2D eigenvalue weighted by Crippen LogP contribution is 2.46. The molecule has 2 aromatic heterocycles. The smallest absolute Gasteiger partial charge is 0.173 e. The third kappa shape index (κ3) is 1.71. The van der Waals surface area contributed by atoms with Crippen LogP contribution in [0.25, 0.3) is 5.69 Å². The van der Waals surface area contributed by atoms with Crippen LogP contribution in [0.15, 0.2) is 48.0 Å². The normalized spacial score (nSPS) is 25.7. The Bertz CT molecular complexity index is 1000. The van der Waals surface area contributed by atoms with Crippen molar-refractivity contribution in [2.24, 2.45) is 10.9 Å². The van der Waals surface area contributed by atoms with E-state index in [1.807, 2.05) is 36.0 Å². The topological polar surface area (TPSA) is 67.4 Å². The van der Waals surface area contributed by atoms with Crippen LogP contribution >= 0.6 is 0 Å². The van der Waals surface area contributed by atoms with E-state index in [4.69, 9.17) is 4.99 Å². The Balaban J connectivity index is 1.45. The van der Waals surface area contributed by atoms with Crippen molar-refractivity contribution in [3.8, 4) is 5.69 Å². The van der Waals surface area contributed by atoms with Gasteiger partial charge in [0.2, 0.25) is 0 Å². The number of hydrogen-bond donors (Lipinski definition) is 0. The van der Waals surface area contributed by atoms with Crippen LogP contribution in [0.4, 0.5) is 5.82 Å². The summed E-state index contributed by atoms with van der Waals surface area (Å²) in [6.07, 6.45) is 8.57. The minimum atomic E-state index is -0.118.